The maximum absolute atomic E-state index is 9.18. The summed E-state index contributed by atoms with van der Waals surface area (Å²) in [6, 6.07) is 7.95. The maximum Gasteiger partial charge on any atom is 0.0761 e. The molecule has 0 aromatic heterocycles. The second kappa shape index (κ2) is 3.79. The largest absolute Gasteiger partial charge is 0.389 e. The predicted molar refractivity (Wildman–Crippen MR) is 48.9 cm³/mol. The van der Waals surface area contributed by atoms with Crippen molar-refractivity contribution >= 4 is 11.8 Å². The number of benzene rings is 1. The van der Waals surface area contributed by atoms with Gasteiger partial charge in [-0.15, -0.1) is 11.8 Å². The minimum absolute atomic E-state index is 0.356. The van der Waals surface area contributed by atoms with E-state index in [-0.39, 0.29) is 6.10 Å². The molecule has 1 unspecified atom stereocenters. The van der Waals surface area contributed by atoms with E-state index in [2.05, 4.69) is 0 Å². The molecule has 0 aliphatic carbocycles. The zero-order valence-corrected chi connectivity index (χ0v) is 7.56. The van der Waals surface area contributed by atoms with E-state index in [0.717, 1.165) is 5.56 Å². The molecule has 2 heteroatoms. The molecule has 60 valence electrons. The van der Waals surface area contributed by atoms with Gasteiger partial charge in [-0.2, -0.15) is 0 Å². The van der Waals surface area contributed by atoms with Crippen LogP contribution in [0.25, 0.3) is 0 Å². The van der Waals surface area contributed by atoms with Crippen molar-refractivity contribution in [3.63, 3.8) is 0 Å². The molecule has 11 heavy (non-hydrogen) atoms. The van der Waals surface area contributed by atoms with Crippen LogP contribution in [0, 0.1) is 0 Å². The summed E-state index contributed by atoms with van der Waals surface area (Å²) in [5.41, 5.74) is 0.975. The van der Waals surface area contributed by atoms with Crippen LogP contribution in [0.4, 0.5) is 0 Å². The van der Waals surface area contributed by atoms with Gasteiger partial charge in [0.1, 0.15) is 0 Å². The molecule has 1 atom stereocenters. The van der Waals surface area contributed by atoms with Crippen molar-refractivity contribution in [1.29, 1.82) is 0 Å². The van der Waals surface area contributed by atoms with Gasteiger partial charge < -0.3 is 5.11 Å². The summed E-state index contributed by atoms with van der Waals surface area (Å²) in [6.07, 6.45) is 1.68. The highest BCUT2D eigenvalue weighted by Crippen LogP contribution is 2.18. The Morgan fingerprint density at radius 2 is 1.82 bits per heavy atom. The smallest absolute Gasteiger partial charge is 0.0761 e. The Labute approximate surface area is 71.4 Å². The second-order valence-electron chi connectivity index (χ2n) is 2.45. The summed E-state index contributed by atoms with van der Waals surface area (Å²) >= 11 is 1.71. The van der Waals surface area contributed by atoms with Gasteiger partial charge in [-0.3, -0.25) is 0 Å². The van der Waals surface area contributed by atoms with Gasteiger partial charge in [0.15, 0.2) is 0 Å². The zero-order valence-electron chi connectivity index (χ0n) is 6.74. The van der Waals surface area contributed by atoms with E-state index in [9.17, 15) is 5.11 Å². The van der Waals surface area contributed by atoms with Crippen LogP contribution in [0.1, 0.15) is 18.6 Å². The second-order valence-corrected chi connectivity index (χ2v) is 3.33. The molecule has 1 rings (SSSR count). The summed E-state index contributed by atoms with van der Waals surface area (Å²) < 4.78 is 0. The molecule has 0 bridgehead atoms. The fourth-order valence-electron chi connectivity index (χ4n) is 0.882. The van der Waals surface area contributed by atoms with Gasteiger partial charge in [0.25, 0.3) is 0 Å². The predicted octanol–water partition coefficient (Wildman–Crippen LogP) is 2.46. The Balaban J connectivity index is 2.83. The third-order valence-corrected chi connectivity index (χ3v) is 2.34. The molecule has 0 spiro atoms. The lowest BCUT2D eigenvalue weighted by atomic mass is 10.1. The minimum atomic E-state index is -0.356. The van der Waals surface area contributed by atoms with Crippen molar-refractivity contribution in [1.82, 2.24) is 0 Å². The van der Waals surface area contributed by atoms with E-state index in [1.165, 1.54) is 4.90 Å². The zero-order chi connectivity index (χ0) is 8.27. The van der Waals surface area contributed by atoms with Crippen molar-refractivity contribution in [3.8, 4) is 0 Å². The van der Waals surface area contributed by atoms with Gasteiger partial charge in [0, 0.05) is 4.90 Å². The molecule has 1 N–H and O–H groups in total. The highest BCUT2D eigenvalue weighted by molar-refractivity contribution is 7.98. The van der Waals surface area contributed by atoms with Gasteiger partial charge in [0.2, 0.25) is 0 Å². The van der Waals surface area contributed by atoms with E-state index in [1.54, 1.807) is 18.7 Å². The number of thioether (sulfide) groups is 1. The van der Waals surface area contributed by atoms with Crippen LogP contribution in [-0.2, 0) is 0 Å². The quantitative estimate of drug-likeness (QED) is 0.684. The average molecular weight is 168 g/mol. The first-order valence-electron chi connectivity index (χ1n) is 3.56. The molecule has 0 aliphatic rings. The molecular formula is C9H12OS. The number of hydrogen-bond donors (Lipinski definition) is 1. The van der Waals surface area contributed by atoms with E-state index in [1.807, 2.05) is 30.5 Å². The minimum Gasteiger partial charge on any atom is -0.389 e. The van der Waals surface area contributed by atoms with Crippen LogP contribution >= 0.6 is 11.8 Å². The topological polar surface area (TPSA) is 20.2 Å². The molecule has 0 heterocycles. The Morgan fingerprint density at radius 3 is 2.18 bits per heavy atom. The van der Waals surface area contributed by atoms with Crippen LogP contribution in [0.15, 0.2) is 29.2 Å². The summed E-state index contributed by atoms with van der Waals surface area (Å²) in [5.74, 6) is 0. The Hall–Kier alpha value is -0.470. The molecule has 0 radical (unpaired) electrons. The molecule has 0 saturated heterocycles. The van der Waals surface area contributed by atoms with Crippen LogP contribution in [0.5, 0.6) is 0 Å². The van der Waals surface area contributed by atoms with E-state index < -0.39 is 0 Å². The summed E-state index contributed by atoms with van der Waals surface area (Å²) in [4.78, 5) is 1.23. The lowest BCUT2D eigenvalue weighted by Crippen LogP contribution is -1.89. The molecule has 1 aromatic rings. The van der Waals surface area contributed by atoms with Crippen molar-refractivity contribution in [2.45, 2.75) is 17.9 Å². The summed E-state index contributed by atoms with van der Waals surface area (Å²) in [7, 11) is 0. The maximum atomic E-state index is 9.18. The van der Waals surface area contributed by atoms with E-state index in [0.29, 0.717) is 0 Å². The van der Waals surface area contributed by atoms with Crippen LogP contribution in [0.3, 0.4) is 0 Å². The van der Waals surface area contributed by atoms with Gasteiger partial charge in [-0.05, 0) is 30.9 Å². The van der Waals surface area contributed by atoms with Gasteiger partial charge >= 0.3 is 0 Å². The fourth-order valence-corrected chi connectivity index (χ4v) is 1.29. The summed E-state index contributed by atoms with van der Waals surface area (Å²) in [6.45, 7) is 1.77. The third kappa shape index (κ3) is 2.24. The number of hydrogen-bond acceptors (Lipinski definition) is 2. The number of aliphatic hydroxyl groups excluding tert-OH is 1. The van der Waals surface area contributed by atoms with Crippen LogP contribution < -0.4 is 0 Å². The van der Waals surface area contributed by atoms with Gasteiger partial charge in [-0.1, -0.05) is 12.1 Å². The number of aliphatic hydroxyl groups is 1. The Kier molecular flexibility index (Phi) is 2.97. The van der Waals surface area contributed by atoms with E-state index in [4.69, 9.17) is 0 Å². The summed E-state index contributed by atoms with van der Waals surface area (Å²) in [5, 5.41) is 9.18. The van der Waals surface area contributed by atoms with Gasteiger partial charge in [-0.25, -0.2) is 0 Å². The lowest BCUT2D eigenvalue weighted by Gasteiger charge is -2.03. The first-order valence-corrected chi connectivity index (χ1v) is 4.78. The van der Waals surface area contributed by atoms with Gasteiger partial charge in [0.05, 0.1) is 6.10 Å². The molecular weight excluding hydrogens is 156 g/mol. The standard InChI is InChI=1S/C9H12OS/c1-7(10)8-3-5-9(11-2)6-4-8/h3-7,10H,1-2H3. The number of rotatable bonds is 2. The highest BCUT2D eigenvalue weighted by Gasteiger charge is 1.98. The molecule has 1 nitrogen and oxygen atoms in total. The third-order valence-electron chi connectivity index (χ3n) is 1.60. The molecule has 0 saturated carbocycles. The van der Waals surface area contributed by atoms with Crippen LogP contribution in [0.2, 0.25) is 0 Å². The SMILES string of the molecule is CSc1ccc(C(C)O)cc1. The van der Waals surface area contributed by atoms with E-state index >= 15 is 0 Å². The first-order chi connectivity index (χ1) is 5.24. The Bertz CT molecular complexity index is 216. The molecule has 1 aromatic carbocycles. The van der Waals surface area contributed by atoms with Crippen molar-refractivity contribution < 1.29 is 5.11 Å². The normalized spacial score (nSPS) is 13.0. The van der Waals surface area contributed by atoms with Crippen molar-refractivity contribution in [2.24, 2.45) is 0 Å². The first kappa shape index (κ1) is 8.62. The monoisotopic (exact) mass is 168 g/mol. The highest BCUT2D eigenvalue weighted by atomic mass is 32.2. The molecule has 0 aliphatic heterocycles. The fraction of sp³-hybridized carbons (Fsp3) is 0.333. The van der Waals surface area contributed by atoms with Crippen molar-refractivity contribution in [2.75, 3.05) is 6.26 Å². The Morgan fingerprint density at radius 1 is 1.27 bits per heavy atom. The molecule has 0 amide bonds. The molecule has 0 fully saturated rings. The van der Waals surface area contributed by atoms with Crippen molar-refractivity contribution in [3.05, 3.63) is 29.8 Å². The lowest BCUT2D eigenvalue weighted by molar-refractivity contribution is 0.199. The average Bonchev–Trinajstić information content (AvgIpc) is 2.05. The van der Waals surface area contributed by atoms with Crippen LogP contribution in [-0.4, -0.2) is 11.4 Å².